The van der Waals surface area contributed by atoms with Gasteiger partial charge in [0.15, 0.2) is 0 Å². The third-order valence-electron chi connectivity index (χ3n) is 6.14. The Morgan fingerprint density at radius 2 is 1.73 bits per heavy atom. The van der Waals surface area contributed by atoms with Gasteiger partial charge in [-0.2, -0.15) is 0 Å². The number of fused-ring (bicyclic) bond motifs is 3. The summed E-state index contributed by atoms with van der Waals surface area (Å²) < 4.78 is 2.14. The Kier molecular flexibility index (Phi) is 6.89. The Labute approximate surface area is 200 Å². The number of anilines is 1. The molecule has 2 atom stereocenters. The van der Waals surface area contributed by atoms with Crippen LogP contribution in [0, 0.1) is 6.92 Å². The first kappa shape index (κ1) is 23.1. The Hall–Kier alpha value is -3.05. The third-order valence-corrected chi connectivity index (χ3v) is 6.33. The fraction of sp³-hybridized carbons (Fsp3) is 0.333. The highest BCUT2D eigenvalue weighted by Crippen LogP contribution is 2.42. The van der Waals surface area contributed by atoms with Gasteiger partial charge in [-0.05, 0) is 50.1 Å². The van der Waals surface area contributed by atoms with Crippen molar-refractivity contribution in [3.8, 4) is 5.69 Å². The monoisotopic (exact) mass is 463 g/mol. The molecule has 3 aromatic rings. The van der Waals surface area contributed by atoms with Crippen LogP contribution in [0.3, 0.4) is 0 Å². The Morgan fingerprint density at radius 3 is 2.39 bits per heavy atom. The first-order valence-corrected chi connectivity index (χ1v) is 11.9. The van der Waals surface area contributed by atoms with Gasteiger partial charge in [-0.3, -0.25) is 14.5 Å². The molecule has 1 aliphatic rings. The molecule has 6 heteroatoms. The van der Waals surface area contributed by atoms with Gasteiger partial charge in [0.2, 0.25) is 11.8 Å². The van der Waals surface area contributed by atoms with E-state index >= 15 is 0 Å². The Bertz CT molecular complexity index is 1140. The maximum atomic E-state index is 13.9. The number of alkyl halides is 1. The Balaban J connectivity index is 1.78. The normalized spacial score (nSPS) is 15.5. The molecular formula is C27H30ClN3O2. The minimum Gasteiger partial charge on any atom is -0.332 e. The van der Waals surface area contributed by atoms with Crippen LogP contribution in [0.2, 0.25) is 0 Å². The number of aryl methyl sites for hydroxylation is 1. The van der Waals surface area contributed by atoms with E-state index in [4.69, 9.17) is 11.6 Å². The lowest BCUT2D eigenvalue weighted by atomic mass is 9.97. The Morgan fingerprint density at radius 1 is 1.03 bits per heavy atom. The molecule has 0 N–H and O–H groups in total. The number of carbonyl (C=O) groups excluding carboxylic acids is 2. The molecule has 172 valence electrons. The fourth-order valence-electron chi connectivity index (χ4n) is 4.43. The molecule has 0 saturated carbocycles. The molecule has 0 spiro atoms. The molecule has 2 amide bonds. The first-order valence-electron chi connectivity index (χ1n) is 11.5. The topological polar surface area (TPSA) is 45.6 Å². The number of carbonyl (C=O) groups is 2. The van der Waals surface area contributed by atoms with E-state index in [9.17, 15) is 9.59 Å². The van der Waals surface area contributed by atoms with Crippen LogP contribution >= 0.6 is 11.6 Å². The van der Waals surface area contributed by atoms with Gasteiger partial charge in [0.1, 0.15) is 18.0 Å². The lowest BCUT2D eigenvalue weighted by Gasteiger charge is -2.39. The van der Waals surface area contributed by atoms with Crippen LogP contribution in [0.5, 0.6) is 0 Å². The second-order valence-corrected chi connectivity index (χ2v) is 9.25. The number of halogens is 1. The van der Waals surface area contributed by atoms with Crippen LogP contribution in [0.25, 0.3) is 5.69 Å². The van der Waals surface area contributed by atoms with Crippen molar-refractivity contribution in [1.82, 2.24) is 9.47 Å². The summed E-state index contributed by atoms with van der Waals surface area (Å²) in [4.78, 5) is 30.2. The molecule has 0 saturated heterocycles. The van der Waals surface area contributed by atoms with Crippen molar-refractivity contribution >= 4 is 29.1 Å². The highest BCUT2D eigenvalue weighted by atomic mass is 35.5. The molecule has 0 radical (unpaired) electrons. The largest absolute Gasteiger partial charge is 0.332 e. The molecule has 33 heavy (non-hydrogen) atoms. The quantitative estimate of drug-likeness (QED) is 0.435. The molecule has 1 aliphatic heterocycles. The van der Waals surface area contributed by atoms with E-state index in [1.54, 1.807) is 11.8 Å². The van der Waals surface area contributed by atoms with E-state index < -0.39 is 5.38 Å². The number of rotatable bonds is 7. The van der Waals surface area contributed by atoms with Crippen molar-refractivity contribution in [3.63, 3.8) is 0 Å². The molecule has 1 aromatic heterocycles. The zero-order chi connectivity index (χ0) is 23.5. The number of amides is 2. The zero-order valence-corrected chi connectivity index (χ0v) is 20.1. The van der Waals surface area contributed by atoms with Crippen LogP contribution in [0.4, 0.5) is 5.69 Å². The molecule has 0 aliphatic carbocycles. The van der Waals surface area contributed by atoms with Gasteiger partial charge in [-0.25, -0.2) is 0 Å². The second kappa shape index (κ2) is 9.84. The number of benzene rings is 2. The van der Waals surface area contributed by atoms with Gasteiger partial charge in [0.05, 0.1) is 17.1 Å². The summed E-state index contributed by atoms with van der Waals surface area (Å²) >= 11 is 6.12. The number of para-hydroxylation sites is 2. The second-order valence-electron chi connectivity index (χ2n) is 8.60. The minimum absolute atomic E-state index is 0.00665. The number of unbranched alkanes of at least 4 members (excludes halogenated alkanes) is 1. The van der Waals surface area contributed by atoms with Crippen molar-refractivity contribution in [2.24, 2.45) is 0 Å². The van der Waals surface area contributed by atoms with E-state index in [2.05, 4.69) is 48.7 Å². The first-order chi connectivity index (χ1) is 15.9. The van der Waals surface area contributed by atoms with Crippen LogP contribution in [-0.4, -0.2) is 39.7 Å². The fourth-order valence-corrected chi connectivity index (χ4v) is 4.57. The molecule has 0 bridgehead atoms. The van der Waals surface area contributed by atoms with Gasteiger partial charge < -0.3 is 9.47 Å². The third kappa shape index (κ3) is 4.55. The van der Waals surface area contributed by atoms with Crippen molar-refractivity contribution in [2.45, 2.75) is 45.0 Å². The average Bonchev–Trinajstić information content (AvgIpc) is 3.31. The van der Waals surface area contributed by atoms with E-state index in [1.165, 1.54) is 0 Å². The molecule has 2 heterocycles. The summed E-state index contributed by atoms with van der Waals surface area (Å²) in [7, 11) is 0. The highest BCUT2D eigenvalue weighted by Gasteiger charge is 2.37. The maximum Gasteiger partial charge on any atom is 0.247 e. The molecule has 5 nitrogen and oxygen atoms in total. The molecular weight excluding hydrogens is 434 g/mol. The number of hydrogen-bond donors (Lipinski definition) is 0. The van der Waals surface area contributed by atoms with Crippen molar-refractivity contribution in [1.29, 1.82) is 0 Å². The summed E-state index contributed by atoms with van der Waals surface area (Å²) in [6, 6.07) is 20.0. The summed E-state index contributed by atoms with van der Waals surface area (Å²) in [6.07, 6.45) is 3.79. The van der Waals surface area contributed by atoms with E-state index in [1.807, 2.05) is 41.4 Å². The summed E-state index contributed by atoms with van der Waals surface area (Å²) in [5.74, 6) is -0.332. The van der Waals surface area contributed by atoms with Gasteiger partial charge in [-0.1, -0.05) is 55.3 Å². The zero-order valence-electron chi connectivity index (χ0n) is 19.4. The predicted octanol–water partition coefficient (Wildman–Crippen LogP) is 5.48. The minimum atomic E-state index is -0.673. The standard InChI is InChI=1S/C27H30ClN3O2/c1-4-5-16-29(27(33)20(3)28)18-25(32)31-23-10-7-6-9-22(23)30-17-8-11-24(30)26(31)21-14-12-19(2)13-15-21/h6-15,17,20,26H,4-5,16,18H2,1-3H3. The summed E-state index contributed by atoms with van der Waals surface area (Å²) in [5, 5.41) is -0.673. The van der Waals surface area contributed by atoms with Crippen LogP contribution in [0.1, 0.15) is 49.6 Å². The van der Waals surface area contributed by atoms with Gasteiger partial charge in [0, 0.05) is 12.7 Å². The van der Waals surface area contributed by atoms with Gasteiger partial charge in [-0.15, -0.1) is 11.6 Å². The SMILES string of the molecule is CCCCN(CC(=O)N1c2ccccc2-n2cccc2C1c1ccc(C)cc1)C(=O)C(C)Cl. The van der Waals surface area contributed by atoms with Gasteiger partial charge in [0.25, 0.3) is 0 Å². The summed E-state index contributed by atoms with van der Waals surface area (Å²) in [5.41, 5.74) is 4.99. The van der Waals surface area contributed by atoms with Crippen LogP contribution in [-0.2, 0) is 9.59 Å². The highest BCUT2D eigenvalue weighted by molar-refractivity contribution is 6.30. The van der Waals surface area contributed by atoms with E-state index in [0.717, 1.165) is 41.0 Å². The lowest BCUT2D eigenvalue weighted by Crippen LogP contribution is -2.48. The number of aromatic nitrogens is 1. The number of hydrogen-bond acceptors (Lipinski definition) is 2. The predicted molar refractivity (Wildman–Crippen MR) is 133 cm³/mol. The van der Waals surface area contributed by atoms with Crippen LogP contribution in [0.15, 0.2) is 66.9 Å². The molecule has 0 fully saturated rings. The summed E-state index contributed by atoms with van der Waals surface area (Å²) in [6.45, 7) is 6.28. The van der Waals surface area contributed by atoms with E-state index in [-0.39, 0.29) is 24.4 Å². The average molecular weight is 464 g/mol. The van der Waals surface area contributed by atoms with Crippen molar-refractivity contribution in [3.05, 3.63) is 83.7 Å². The van der Waals surface area contributed by atoms with Crippen molar-refractivity contribution < 1.29 is 9.59 Å². The van der Waals surface area contributed by atoms with Gasteiger partial charge >= 0.3 is 0 Å². The molecule has 2 unspecified atom stereocenters. The molecule has 4 rings (SSSR count). The van der Waals surface area contributed by atoms with Crippen molar-refractivity contribution in [2.75, 3.05) is 18.0 Å². The maximum absolute atomic E-state index is 13.9. The van der Waals surface area contributed by atoms with E-state index in [0.29, 0.717) is 6.54 Å². The molecule has 2 aromatic carbocycles. The van der Waals surface area contributed by atoms with Crippen LogP contribution < -0.4 is 4.90 Å². The smallest absolute Gasteiger partial charge is 0.247 e. The lowest BCUT2D eigenvalue weighted by molar-refractivity contribution is -0.134. The number of nitrogens with zero attached hydrogens (tertiary/aromatic N) is 3.